The zero-order valence-corrected chi connectivity index (χ0v) is 18.7. The molecule has 2 unspecified atom stereocenters. The first-order valence-corrected chi connectivity index (χ1v) is 11.8. The summed E-state index contributed by atoms with van der Waals surface area (Å²) in [4.78, 5) is 29.8. The number of nitrogens with zero attached hydrogens (tertiary/aromatic N) is 6. The van der Waals surface area contributed by atoms with E-state index in [-0.39, 0.29) is 0 Å². The van der Waals surface area contributed by atoms with Crippen LogP contribution < -0.4 is 16.0 Å². The molecule has 0 bridgehead atoms. The highest BCUT2D eigenvalue weighted by Crippen LogP contribution is 2.47. The van der Waals surface area contributed by atoms with Gasteiger partial charge in [0.2, 0.25) is 0 Å². The number of hydrogen-bond donors (Lipinski definition) is 3. The molecule has 2 atom stereocenters. The number of aromatic nitrogens is 6. The molecule has 5 aromatic rings. The molecule has 2 aliphatic rings. The first-order valence-electron chi connectivity index (χ1n) is 10.9. The van der Waals surface area contributed by atoms with E-state index in [1.807, 2.05) is 13.1 Å². The van der Waals surface area contributed by atoms with Crippen molar-refractivity contribution >= 4 is 56.4 Å². The minimum Gasteiger partial charge on any atom is -0.386 e. The second kappa shape index (κ2) is 7.00. The highest BCUT2D eigenvalue weighted by atomic mass is 32.2. The summed E-state index contributed by atoms with van der Waals surface area (Å²) in [5, 5.41) is 6.13. The molecule has 0 spiro atoms. The van der Waals surface area contributed by atoms with Crippen LogP contribution in [0.2, 0.25) is 0 Å². The fourth-order valence-electron chi connectivity index (χ4n) is 5.01. The number of nitrogens with one attached hydrogen (secondary N) is 2. The molecule has 33 heavy (non-hydrogen) atoms. The van der Waals surface area contributed by atoms with E-state index in [4.69, 9.17) is 15.7 Å². The molecule has 9 nitrogen and oxygen atoms in total. The van der Waals surface area contributed by atoms with Gasteiger partial charge in [-0.1, -0.05) is 12.1 Å². The average molecular weight is 456 g/mol. The van der Waals surface area contributed by atoms with Crippen molar-refractivity contribution in [1.82, 2.24) is 29.9 Å². The number of anilines is 2. The van der Waals surface area contributed by atoms with Crippen molar-refractivity contribution < 1.29 is 0 Å². The van der Waals surface area contributed by atoms with Crippen LogP contribution in [-0.4, -0.2) is 56.1 Å². The molecule has 0 radical (unpaired) electrons. The second-order valence-electron chi connectivity index (χ2n) is 8.64. The molecule has 10 heteroatoms. The first-order chi connectivity index (χ1) is 16.2. The molecule has 1 saturated heterocycles. The zero-order chi connectivity index (χ0) is 22.1. The van der Waals surface area contributed by atoms with Crippen LogP contribution in [0.4, 0.5) is 11.5 Å². The highest BCUT2D eigenvalue weighted by Gasteiger charge is 2.54. The van der Waals surface area contributed by atoms with Crippen molar-refractivity contribution in [3.8, 4) is 0 Å². The first kappa shape index (κ1) is 19.0. The minimum atomic E-state index is 0.330. The smallest absolute Gasteiger partial charge is 0.196 e. The molecule has 2 fully saturated rings. The topological polar surface area (TPSA) is 122 Å². The quantitative estimate of drug-likeness (QED) is 0.351. The molecule has 1 aliphatic heterocycles. The molecule has 5 heterocycles. The maximum Gasteiger partial charge on any atom is 0.196 e. The summed E-state index contributed by atoms with van der Waals surface area (Å²) in [6.07, 6.45) is 5.11. The van der Waals surface area contributed by atoms with Crippen molar-refractivity contribution in [2.45, 2.75) is 16.1 Å². The van der Waals surface area contributed by atoms with Crippen LogP contribution in [0.5, 0.6) is 0 Å². The van der Waals surface area contributed by atoms with Gasteiger partial charge in [0.25, 0.3) is 0 Å². The van der Waals surface area contributed by atoms with E-state index >= 15 is 0 Å². The average Bonchev–Trinajstić information content (AvgIpc) is 3.20. The van der Waals surface area contributed by atoms with Gasteiger partial charge in [-0.3, -0.25) is 4.98 Å². The van der Waals surface area contributed by atoms with E-state index in [2.05, 4.69) is 48.4 Å². The Kier molecular flexibility index (Phi) is 4.03. The fraction of sp³-hybridized carbons (Fsp3) is 0.261. The second-order valence-corrected chi connectivity index (χ2v) is 9.68. The van der Waals surface area contributed by atoms with E-state index < -0.39 is 0 Å². The minimum absolute atomic E-state index is 0.330. The van der Waals surface area contributed by atoms with Crippen molar-refractivity contribution in [3.05, 3.63) is 42.9 Å². The lowest BCUT2D eigenvalue weighted by Gasteiger charge is -2.21. The van der Waals surface area contributed by atoms with Crippen LogP contribution >= 0.6 is 11.8 Å². The van der Waals surface area contributed by atoms with Gasteiger partial charge < -0.3 is 20.9 Å². The lowest BCUT2D eigenvalue weighted by Crippen LogP contribution is -2.29. The van der Waals surface area contributed by atoms with Gasteiger partial charge in [-0.2, -0.15) is 0 Å². The van der Waals surface area contributed by atoms with Gasteiger partial charge in [0.05, 0.1) is 16.6 Å². The highest BCUT2D eigenvalue weighted by molar-refractivity contribution is 7.99. The van der Waals surface area contributed by atoms with Crippen molar-refractivity contribution in [2.24, 2.45) is 17.6 Å². The Labute approximate surface area is 193 Å². The van der Waals surface area contributed by atoms with Gasteiger partial charge in [0, 0.05) is 55.1 Å². The van der Waals surface area contributed by atoms with Crippen LogP contribution in [0.1, 0.15) is 0 Å². The van der Waals surface area contributed by atoms with E-state index in [1.165, 1.54) is 11.8 Å². The molecule has 1 saturated carbocycles. The summed E-state index contributed by atoms with van der Waals surface area (Å²) in [5.41, 5.74) is 10.5. The van der Waals surface area contributed by atoms with Crippen LogP contribution in [0.25, 0.3) is 33.1 Å². The number of H-pyrrole nitrogens is 1. The Bertz CT molecular complexity index is 1540. The molecular formula is C23H21N9S. The fourth-order valence-corrected chi connectivity index (χ4v) is 5.77. The third kappa shape index (κ3) is 2.94. The predicted octanol–water partition coefficient (Wildman–Crippen LogP) is 3.04. The number of piperidine rings is 1. The van der Waals surface area contributed by atoms with Gasteiger partial charge >= 0.3 is 0 Å². The van der Waals surface area contributed by atoms with Gasteiger partial charge in [-0.25, -0.2) is 19.9 Å². The summed E-state index contributed by atoms with van der Waals surface area (Å²) < 4.78 is 0. The normalized spacial score (nSPS) is 21.8. The number of nitrogens with two attached hydrogens (primary N) is 1. The summed E-state index contributed by atoms with van der Waals surface area (Å²) in [6.45, 7) is 1.88. The lowest BCUT2D eigenvalue weighted by molar-refractivity contribution is 0.732. The summed E-state index contributed by atoms with van der Waals surface area (Å²) in [5.74, 6) is 2.09. The number of aromatic amines is 1. The van der Waals surface area contributed by atoms with E-state index in [1.54, 1.807) is 18.6 Å². The Balaban J connectivity index is 1.37. The Morgan fingerprint density at radius 3 is 2.82 bits per heavy atom. The zero-order valence-electron chi connectivity index (χ0n) is 17.9. The van der Waals surface area contributed by atoms with Crippen LogP contribution in [0, 0.1) is 11.8 Å². The molecule has 1 aliphatic carbocycles. The van der Waals surface area contributed by atoms with Crippen LogP contribution in [0.3, 0.4) is 0 Å². The predicted molar refractivity (Wildman–Crippen MR) is 130 cm³/mol. The van der Waals surface area contributed by atoms with Crippen molar-refractivity contribution in [1.29, 1.82) is 0 Å². The Morgan fingerprint density at radius 1 is 1.12 bits per heavy atom. The lowest BCUT2D eigenvalue weighted by atomic mass is 10.1. The Morgan fingerprint density at radius 2 is 1.97 bits per heavy atom. The van der Waals surface area contributed by atoms with Crippen molar-refractivity contribution in [2.75, 3.05) is 30.4 Å². The van der Waals surface area contributed by atoms with Gasteiger partial charge in [-0.05, 0) is 35.7 Å². The van der Waals surface area contributed by atoms with E-state index in [0.29, 0.717) is 28.7 Å². The maximum absolute atomic E-state index is 6.21. The van der Waals surface area contributed by atoms with Gasteiger partial charge in [0.15, 0.2) is 10.8 Å². The number of pyridine rings is 1. The number of hydrogen-bond acceptors (Lipinski definition) is 9. The summed E-state index contributed by atoms with van der Waals surface area (Å²) >= 11 is 1.48. The van der Waals surface area contributed by atoms with Crippen LogP contribution in [-0.2, 0) is 0 Å². The molecule has 4 aromatic heterocycles. The molecule has 164 valence electrons. The summed E-state index contributed by atoms with van der Waals surface area (Å²) in [6, 6.07) is 8.56. The molecule has 7 rings (SSSR count). The van der Waals surface area contributed by atoms with Gasteiger partial charge in [0.1, 0.15) is 17.0 Å². The van der Waals surface area contributed by atoms with E-state index in [0.717, 1.165) is 56.9 Å². The number of para-hydroxylation sites is 1. The van der Waals surface area contributed by atoms with Crippen LogP contribution in [0.15, 0.2) is 52.9 Å². The molecule has 0 amide bonds. The standard InChI is InChI=1S/C23H21N9S/c1-25-15-4-2-3-12-17-21(29-19(12)15)30-23(31-22(17)32-9-13-14(10-32)18(13)24)33-11-7-16-20(28-8-11)27-6-5-26-16/h2-8,13-14,18,25H,9-10,24H2,1H3,(H,29,30,31). The SMILES string of the molecule is CNc1cccc2c1[nH]c1nc(Sc3cnc4nccnc4c3)nc(N3CC4C(N)C4C3)c12. The number of benzene rings is 1. The monoisotopic (exact) mass is 455 g/mol. The van der Waals surface area contributed by atoms with Crippen molar-refractivity contribution in [3.63, 3.8) is 0 Å². The molecular weight excluding hydrogens is 434 g/mol. The molecule has 4 N–H and O–H groups in total. The largest absolute Gasteiger partial charge is 0.386 e. The summed E-state index contributed by atoms with van der Waals surface area (Å²) in [7, 11) is 1.93. The maximum atomic E-state index is 6.21. The number of fused-ring (bicyclic) bond motifs is 5. The third-order valence-corrected chi connectivity index (χ3v) is 7.61. The molecule has 1 aromatic carbocycles. The third-order valence-electron chi connectivity index (χ3n) is 6.78. The Hall–Kier alpha value is -3.50. The van der Waals surface area contributed by atoms with E-state index in [9.17, 15) is 0 Å². The number of rotatable bonds is 4. The van der Waals surface area contributed by atoms with Gasteiger partial charge in [-0.15, -0.1) is 0 Å².